The van der Waals surface area contributed by atoms with Crippen molar-refractivity contribution in [3.63, 3.8) is 0 Å². The summed E-state index contributed by atoms with van der Waals surface area (Å²) in [4.78, 5) is 2.39. The Kier molecular flexibility index (Phi) is 6.56. The van der Waals surface area contributed by atoms with Crippen molar-refractivity contribution in [1.82, 2.24) is 4.57 Å². The topological polar surface area (TPSA) is 8.17 Å². The lowest BCUT2D eigenvalue weighted by Gasteiger charge is -2.28. The van der Waals surface area contributed by atoms with E-state index in [1.54, 1.807) is 0 Å². The van der Waals surface area contributed by atoms with E-state index in [0.29, 0.717) is 0 Å². The molecule has 1 aliphatic rings. The lowest BCUT2D eigenvalue weighted by atomic mass is 9.82. The molecule has 1 aromatic heterocycles. The summed E-state index contributed by atoms with van der Waals surface area (Å²) in [6.07, 6.45) is 0. The minimum atomic E-state index is -0.0838. The Hall–Kier alpha value is -6.38. The van der Waals surface area contributed by atoms with Gasteiger partial charge in [0.1, 0.15) is 0 Å². The van der Waals surface area contributed by atoms with Crippen molar-refractivity contribution in [2.24, 2.45) is 0 Å². The molecule has 0 saturated carbocycles. The van der Waals surface area contributed by atoms with Crippen LogP contribution >= 0.6 is 0 Å². The Bertz CT molecular complexity index is 2750. The van der Waals surface area contributed by atoms with Crippen LogP contribution in [0.3, 0.4) is 0 Å². The van der Waals surface area contributed by atoms with Crippen molar-refractivity contribution in [1.29, 1.82) is 0 Å². The average Bonchev–Trinajstić information content (AvgIpc) is 3.63. The number of anilines is 3. The molecule has 1 aliphatic carbocycles. The molecule has 9 aromatic rings. The second-order valence-corrected chi connectivity index (χ2v) is 14.2. The maximum atomic E-state index is 2.50. The lowest BCUT2D eigenvalue weighted by molar-refractivity contribution is 0.661. The van der Waals surface area contributed by atoms with Gasteiger partial charge >= 0.3 is 0 Å². The predicted molar refractivity (Wildman–Crippen MR) is 216 cm³/mol. The van der Waals surface area contributed by atoms with E-state index in [-0.39, 0.29) is 5.41 Å². The third kappa shape index (κ3) is 4.50. The second kappa shape index (κ2) is 11.3. The van der Waals surface area contributed by atoms with Crippen molar-refractivity contribution in [2.75, 3.05) is 4.90 Å². The monoisotopic (exact) mass is 652 g/mol. The summed E-state index contributed by atoms with van der Waals surface area (Å²) in [5.74, 6) is 0. The molecule has 0 fully saturated rings. The van der Waals surface area contributed by atoms with Crippen LogP contribution in [0, 0.1) is 0 Å². The zero-order valence-corrected chi connectivity index (χ0v) is 28.7. The van der Waals surface area contributed by atoms with Gasteiger partial charge in [0, 0.05) is 38.3 Å². The Labute approximate surface area is 298 Å². The van der Waals surface area contributed by atoms with Crippen LogP contribution in [0.2, 0.25) is 0 Å². The van der Waals surface area contributed by atoms with E-state index in [1.807, 2.05) is 0 Å². The summed E-state index contributed by atoms with van der Waals surface area (Å²) in [6, 6.07) is 66.5. The Morgan fingerprint density at radius 3 is 1.80 bits per heavy atom. The number of hydrogen-bond acceptors (Lipinski definition) is 1. The summed E-state index contributed by atoms with van der Waals surface area (Å²) >= 11 is 0. The first-order valence-electron chi connectivity index (χ1n) is 17.8. The van der Waals surface area contributed by atoms with Crippen molar-refractivity contribution in [2.45, 2.75) is 19.3 Å². The first-order valence-corrected chi connectivity index (χ1v) is 17.8. The highest BCUT2D eigenvalue weighted by molar-refractivity contribution is 6.13. The van der Waals surface area contributed by atoms with Gasteiger partial charge in [0.15, 0.2) is 0 Å². The quantitative estimate of drug-likeness (QED) is 0.180. The van der Waals surface area contributed by atoms with E-state index in [0.717, 1.165) is 17.1 Å². The van der Waals surface area contributed by atoms with Gasteiger partial charge in [0.2, 0.25) is 0 Å². The first-order chi connectivity index (χ1) is 25.1. The summed E-state index contributed by atoms with van der Waals surface area (Å²) in [7, 11) is 0. The normalized spacial score (nSPS) is 13.1. The molecule has 0 unspecified atom stereocenters. The van der Waals surface area contributed by atoms with Gasteiger partial charge in [-0.25, -0.2) is 0 Å². The van der Waals surface area contributed by atoms with Gasteiger partial charge in [-0.1, -0.05) is 141 Å². The summed E-state index contributed by atoms with van der Waals surface area (Å²) in [5.41, 5.74) is 14.9. The molecule has 242 valence electrons. The molecule has 0 radical (unpaired) electrons. The summed E-state index contributed by atoms with van der Waals surface area (Å²) in [5, 5.41) is 4.97. The molecule has 2 heteroatoms. The van der Waals surface area contributed by atoms with Crippen molar-refractivity contribution >= 4 is 49.6 Å². The molecular weight excluding hydrogens is 617 g/mol. The number of hydrogen-bond donors (Lipinski definition) is 0. The van der Waals surface area contributed by atoms with Crippen LogP contribution in [-0.4, -0.2) is 4.57 Å². The minimum absolute atomic E-state index is 0.0838. The maximum absolute atomic E-state index is 2.50. The average molecular weight is 653 g/mol. The van der Waals surface area contributed by atoms with E-state index in [1.165, 1.54) is 71.6 Å². The third-order valence-corrected chi connectivity index (χ3v) is 11.0. The zero-order chi connectivity index (χ0) is 34.1. The maximum Gasteiger partial charge on any atom is 0.0544 e. The fourth-order valence-corrected chi connectivity index (χ4v) is 8.52. The Morgan fingerprint density at radius 2 is 1.02 bits per heavy atom. The highest BCUT2D eigenvalue weighted by Gasteiger charge is 2.36. The first kappa shape index (κ1) is 29.5. The third-order valence-electron chi connectivity index (χ3n) is 11.0. The largest absolute Gasteiger partial charge is 0.310 e. The number of para-hydroxylation sites is 2. The standard InChI is InChI=1S/C49H36N2/c1-49(2)43-23-13-11-19-37(43)41-31-42-40-22-12-14-24-45(40)51(48(42)32-44(41)49)47-30-29-46(38-20-9-10-21-39(38)47)50(35-17-7-4-8-18-35)36-27-25-34(26-28-36)33-15-5-3-6-16-33/h3-32H,1-2H3. The van der Waals surface area contributed by atoms with Gasteiger partial charge in [-0.2, -0.15) is 0 Å². The van der Waals surface area contributed by atoms with Crippen molar-refractivity contribution in [3.05, 3.63) is 193 Å². The molecule has 0 aliphatic heterocycles. The Balaban J connectivity index is 1.20. The molecular formula is C49H36N2. The van der Waals surface area contributed by atoms with Crippen molar-refractivity contribution in [3.8, 4) is 27.9 Å². The van der Waals surface area contributed by atoms with Gasteiger partial charge in [0.25, 0.3) is 0 Å². The van der Waals surface area contributed by atoms with E-state index >= 15 is 0 Å². The number of aromatic nitrogens is 1. The lowest BCUT2D eigenvalue weighted by Crippen LogP contribution is -2.15. The molecule has 10 rings (SSSR count). The molecule has 0 amide bonds. The predicted octanol–water partition coefficient (Wildman–Crippen LogP) is 13.4. The highest BCUT2D eigenvalue weighted by atomic mass is 15.1. The fourth-order valence-electron chi connectivity index (χ4n) is 8.52. The second-order valence-electron chi connectivity index (χ2n) is 14.2. The van der Waals surface area contributed by atoms with Crippen LogP contribution in [0.5, 0.6) is 0 Å². The number of benzene rings is 8. The van der Waals surface area contributed by atoms with Crippen LogP contribution in [0.4, 0.5) is 17.1 Å². The van der Waals surface area contributed by atoms with E-state index in [4.69, 9.17) is 0 Å². The van der Waals surface area contributed by atoms with Crippen LogP contribution in [-0.2, 0) is 5.41 Å². The SMILES string of the molecule is CC1(C)c2ccccc2-c2cc3c4ccccc4n(-c4ccc(N(c5ccccc5)c5ccc(-c6ccccc6)cc5)c5ccccc45)c3cc21. The van der Waals surface area contributed by atoms with Crippen LogP contribution in [0.25, 0.3) is 60.5 Å². The van der Waals surface area contributed by atoms with Crippen LogP contribution in [0.15, 0.2) is 182 Å². The summed E-state index contributed by atoms with van der Waals surface area (Å²) in [6.45, 7) is 4.73. The number of nitrogens with zero attached hydrogens (tertiary/aromatic N) is 2. The molecule has 0 N–H and O–H groups in total. The van der Waals surface area contributed by atoms with Crippen LogP contribution in [0.1, 0.15) is 25.0 Å². The molecule has 51 heavy (non-hydrogen) atoms. The molecule has 0 bridgehead atoms. The van der Waals surface area contributed by atoms with E-state index in [9.17, 15) is 0 Å². The number of fused-ring (bicyclic) bond motifs is 7. The zero-order valence-electron chi connectivity index (χ0n) is 28.7. The Morgan fingerprint density at radius 1 is 0.412 bits per heavy atom. The van der Waals surface area contributed by atoms with Crippen LogP contribution < -0.4 is 4.90 Å². The molecule has 0 atom stereocenters. The molecule has 1 heterocycles. The van der Waals surface area contributed by atoms with Gasteiger partial charge in [-0.3, -0.25) is 0 Å². The molecule has 0 spiro atoms. The van der Waals surface area contributed by atoms with Crippen molar-refractivity contribution < 1.29 is 0 Å². The van der Waals surface area contributed by atoms with Gasteiger partial charge < -0.3 is 9.47 Å². The molecule has 0 saturated heterocycles. The van der Waals surface area contributed by atoms with Gasteiger partial charge in [0.05, 0.1) is 22.4 Å². The smallest absolute Gasteiger partial charge is 0.0544 e. The summed E-state index contributed by atoms with van der Waals surface area (Å²) < 4.78 is 2.50. The number of rotatable bonds is 5. The van der Waals surface area contributed by atoms with Gasteiger partial charge in [-0.05, 0) is 88.0 Å². The van der Waals surface area contributed by atoms with E-state index < -0.39 is 0 Å². The molecule has 8 aromatic carbocycles. The highest BCUT2D eigenvalue weighted by Crippen LogP contribution is 2.51. The minimum Gasteiger partial charge on any atom is -0.310 e. The van der Waals surface area contributed by atoms with E-state index in [2.05, 4.69) is 205 Å². The fraction of sp³-hybridized carbons (Fsp3) is 0.0612. The van der Waals surface area contributed by atoms with Gasteiger partial charge in [-0.15, -0.1) is 0 Å². The molecule has 2 nitrogen and oxygen atoms in total.